The maximum absolute atomic E-state index is 12.9. The van der Waals surface area contributed by atoms with Crippen LogP contribution < -0.4 is 4.90 Å². The number of piperazine rings is 1. The number of nitrogens with zero attached hydrogens (tertiary/aromatic N) is 3. The Morgan fingerprint density at radius 2 is 1.57 bits per heavy atom. The molecule has 1 fully saturated rings. The number of sulfonamides is 1. The van der Waals surface area contributed by atoms with Crippen LogP contribution in [0, 0.1) is 0 Å². The molecule has 0 saturated carbocycles. The molecule has 1 aliphatic rings. The number of amides is 1. The number of hydrogen-bond acceptors (Lipinski definition) is 4. The number of anilines is 1. The Bertz CT molecular complexity index is 935. The Kier molecular flexibility index (Phi) is 7.15. The Morgan fingerprint density at radius 3 is 2.10 bits per heavy atom. The molecule has 0 spiro atoms. The summed E-state index contributed by atoms with van der Waals surface area (Å²) in [5.41, 5.74) is 2.51. The van der Waals surface area contributed by atoms with Crippen LogP contribution >= 0.6 is 0 Å². The Balaban J connectivity index is 1.60. The van der Waals surface area contributed by atoms with E-state index in [9.17, 15) is 13.2 Å². The van der Waals surface area contributed by atoms with Gasteiger partial charge in [-0.25, -0.2) is 8.42 Å². The fraction of sp³-hybridized carbons (Fsp3) is 0.435. The third kappa shape index (κ3) is 5.21. The van der Waals surface area contributed by atoms with Crippen molar-refractivity contribution in [2.75, 3.05) is 37.6 Å². The number of carbonyl (C=O) groups is 1. The smallest absolute Gasteiger partial charge is 0.253 e. The average molecular weight is 430 g/mol. The molecule has 0 aromatic heterocycles. The quantitative estimate of drug-likeness (QED) is 0.678. The highest BCUT2D eigenvalue weighted by Crippen LogP contribution is 2.20. The zero-order valence-electron chi connectivity index (χ0n) is 18.0. The molecule has 0 radical (unpaired) electrons. The van der Waals surface area contributed by atoms with Gasteiger partial charge in [0.15, 0.2) is 0 Å². The molecular formula is C23H31N3O3S. The van der Waals surface area contributed by atoms with Gasteiger partial charge in [0.05, 0.1) is 5.75 Å². The molecule has 0 N–H and O–H groups in total. The molecule has 0 unspecified atom stereocenters. The highest BCUT2D eigenvalue weighted by atomic mass is 32.2. The molecule has 30 heavy (non-hydrogen) atoms. The average Bonchev–Trinajstić information content (AvgIpc) is 2.74. The van der Waals surface area contributed by atoms with Gasteiger partial charge in [0.25, 0.3) is 5.91 Å². The second kappa shape index (κ2) is 9.62. The second-order valence-corrected chi connectivity index (χ2v) is 9.83. The first-order valence-corrected chi connectivity index (χ1v) is 12.1. The summed E-state index contributed by atoms with van der Waals surface area (Å²) >= 11 is 0. The first-order valence-electron chi connectivity index (χ1n) is 10.5. The lowest BCUT2D eigenvalue weighted by Gasteiger charge is -2.34. The first-order chi connectivity index (χ1) is 14.3. The summed E-state index contributed by atoms with van der Waals surface area (Å²) in [5, 5.41) is 0. The summed E-state index contributed by atoms with van der Waals surface area (Å²) in [6.45, 7) is 8.78. The topological polar surface area (TPSA) is 60.9 Å². The minimum Gasteiger partial charge on any atom is -0.369 e. The Morgan fingerprint density at radius 1 is 0.967 bits per heavy atom. The van der Waals surface area contributed by atoms with Crippen LogP contribution in [-0.2, 0) is 15.8 Å². The van der Waals surface area contributed by atoms with Crippen molar-refractivity contribution < 1.29 is 13.2 Å². The third-order valence-electron chi connectivity index (χ3n) is 5.52. The number of benzene rings is 2. The van der Waals surface area contributed by atoms with E-state index in [1.165, 1.54) is 4.31 Å². The zero-order valence-corrected chi connectivity index (χ0v) is 18.8. The number of rotatable bonds is 7. The highest BCUT2D eigenvalue weighted by molar-refractivity contribution is 7.88. The van der Waals surface area contributed by atoms with Crippen molar-refractivity contribution in [3.63, 3.8) is 0 Å². The van der Waals surface area contributed by atoms with E-state index in [1.54, 1.807) is 4.90 Å². The van der Waals surface area contributed by atoms with E-state index in [4.69, 9.17) is 0 Å². The van der Waals surface area contributed by atoms with Crippen molar-refractivity contribution >= 4 is 21.6 Å². The highest BCUT2D eigenvalue weighted by Gasteiger charge is 2.29. The van der Waals surface area contributed by atoms with Crippen LogP contribution in [0.1, 0.15) is 36.7 Å². The molecule has 1 amide bonds. The minimum atomic E-state index is -3.39. The normalized spacial score (nSPS) is 15.4. The predicted molar refractivity (Wildman–Crippen MR) is 121 cm³/mol. The van der Waals surface area contributed by atoms with Crippen LogP contribution in [-0.4, -0.2) is 62.3 Å². The van der Waals surface area contributed by atoms with Gasteiger partial charge in [0, 0.05) is 50.0 Å². The molecule has 162 valence electrons. The lowest BCUT2D eigenvalue weighted by atomic mass is 10.1. The fourth-order valence-corrected chi connectivity index (χ4v) is 5.39. The summed E-state index contributed by atoms with van der Waals surface area (Å²) in [7, 11) is -3.39. The van der Waals surface area contributed by atoms with Crippen LogP contribution in [0.3, 0.4) is 0 Å². The first kappa shape index (κ1) is 22.3. The van der Waals surface area contributed by atoms with Crippen molar-refractivity contribution in [2.45, 2.75) is 32.6 Å². The van der Waals surface area contributed by atoms with Gasteiger partial charge < -0.3 is 9.80 Å². The van der Waals surface area contributed by atoms with Crippen molar-refractivity contribution in [3.05, 3.63) is 65.7 Å². The lowest BCUT2D eigenvalue weighted by Crippen LogP contribution is -2.50. The maximum atomic E-state index is 12.9. The van der Waals surface area contributed by atoms with Gasteiger partial charge in [0.1, 0.15) is 0 Å². The third-order valence-corrected chi connectivity index (χ3v) is 7.37. The van der Waals surface area contributed by atoms with Gasteiger partial charge in [-0.1, -0.05) is 30.3 Å². The van der Waals surface area contributed by atoms with Crippen LogP contribution in [0.15, 0.2) is 54.6 Å². The molecule has 0 bridgehead atoms. The molecule has 2 aromatic rings. The van der Waals surface area contributed by atoms with E-state index in [2.05, 4.69) is 25.7 Å². The van der Waals surface area contributed by atoms with E-state index in [1.807, 2.05) is 54.6 Å². The van der Waals surface area contributed by atoms with Gasteiger partial charge in [0.2, 0.25) is 10.0 Å². The second-order valence-electron chi connectivity index (χ2n) is 7.86. The zero-order chi connectivity index (χ0) is 21.7. The summed E-state index contributed by atoms with van der Waals surface area (Å²) < 4.78 is 26.9. The van der Waals surface area contributed by atoms with Crippen LogP contribution in [0.2, 0.25) is 0 Å². The molecule has 1 saturated heterocycles. The van der Waals surface area contributed by atoms with Crippen LogP contribution in [0.5, 0.6) is 0 Å². The minimum absolute atomic E-state index is 0.00692. The van der Waals surface area contributed by atoms with E-state index >= 15 is 0 Å². The fourth-order valence-electron chi connectivity index (χ4n) is 3.87. The van der Waals surface area contributed by atoms with Crippen LogP contribution in [0.25, 0.3) is 0 Å². The van der Waals surface area contributed by atoms with E-state index in [-0.39, 0.29) is 11.7 Å². The summed E-state index contributed by atoms with van der Waals surface area (Å²) in [5.74, 6) is -0.0539. The molecule has 3 rings (SSSR count). The SMILES string of the molecule is CCN(c1ccc(C(=O)N2CCN(S(=O)(=O)Cc3ccccc3)CC2)cc1)C(C)C. The predicted octanol–water partition coefficient (Wildman–Crippen LogP) is 3.21. The molecule has 0 aliphatic carbocycles. The molecule has 6 nitrogen and oxygen atoms in total. The molecule has 2 aromatic carbocycles. The number of hydrogen-bond donors (Lipinski definition) is 0. The molecular weight excluding hydrogens is 398 g/mol. The van der Waals surface area contributed by atoms with E-state index < -0.39 is 10.0 Å². The Hall–Kier alpha value is -2.38. The summed E-state index contributed by atoms with van der Waals surface area (Å²) in [6.07, 6.45) is 0. The van der Waals surface area contributed by atoms with Gasteiger partial charge in [-0.15, -0.1) is 0 Å². The lowest BCUT2D eigenvalue weighted by molar-refractivity contribution is 0.0698. The van der Waals surface area contributed by atoms with Gasteiger partial charge in [-0.2, -0.15) is 4.31 Å². The van der Waals surface area contributed by atoms with E-state index in [0.29, 0.717) is 37.8 Å². The van der Waals surface area contributed by atoms with Crippen LogP contribution in [0.4, 0.5) is 5.69 Å². The standard InChI is InChI=1S/C23H31N3O3S/c1-4-26(19(2)3)22-12-10-21(11-13-22)23(27)24-14-16-25(17-15-24)30(28,29)18-20-8-6-5-7-9-20/h5-13,19H,4,14-18H2,1-3H3. The van der Waals surface area contributed by atoms with Gasteiger partial charge in [-0.3, -0.25) is 4.79 Å². The van der Waals surface area contributed by atoms with E-state index in [0.717, 1.165) is 17.8 Å². The summed E-state index contributed by atoms with van der Waals surface area (Å²) in [6, 6.07) is 17.3. The summed E-state index contributed by atoms with van der Waals surface area (Å²) in [4.78, 5) is 16.9. The molecule has 0 atom stereocenters. The van der Waals surface area contributed by atoms with Gasteiger partial charge in [-0.05, 0) is 50.6 Å². The molecule has 1 aliphatic heterocycles. The number of carbonyl (C=O) groups excluding carboxylic acids is 1. The molecule has 7 heteroatoms. The monoisotopic (exact) mass is 429 g/mol. The largest absolute Gasteiger partial charge is 0.369 e. The van der Waals surface area contributed by atoms with Crippen molar-refractivity contribution in [2.24, 2.45) is 0 Å². The Labute approximate surface area is 180 Å². The van der Waals surface area contributed by atoms with Crippen molar-refractivity contribution in [1.29, 1.82) is 0 Å². The van der Waals surface area contributed by atoms with Crippen molar-refractivity contribution in [3.8, 4) is 0 Å². The molecule has 1 heterocycles. The van der Waals surface area contributed by atoms with Crippen molar-refractivity contribution in [1.82, 2.24) is 9.21 Å². The maximum Gasteiger partial charge on any atom is 0.253 e. The van der Waals surface area contributed by atoms with Gasteiger partial charge >= 0.3 is 0 Å².